The molecule has 118 valence electrons. The van der Waals surface area contributed by atoms with E-state index in [-0.39, 0.29) is 16.7 Å². The minimum Gasteiger partial charge on any atom is -0.310 e. The van der Waals surface area contributed by atoms with Crippen LogP contribution in [-0.4, -0.2) is 36.3 Å². The lowest BCUT2D eigenvalue weighted by atomic mass is 10.1. The molecule has 0 radical (unpaired) electrons. The molecule has 1 atom stereocenters. The Balaban J connectivity index is 2.03. The topological polar surface area (TPSA) is 85.6 Å². The van der Waals surface area contributed by atoms with E-state index in [1.165, 1.54) is 18.0 Å². The summed E-state index contributed by atoms with van der Waals surface area (Å²) in [6, 6.07) is 3.32. The number of anilines is 1. The summed E-state index contributed by atoms with van der Waals surface area (Å²) in [5, 5.41) is 15.1. The second kappa shape index (κ2) is 6.62. The zero-order valence-electron chi connectivity index (χ0n) is 12.7. The second-order valence-corrected chi connectivity index (χ2v) is 7.40. The van der Waals surface area contributed by atoms with E-state index < -0.39 is 0 Å². The molecule has 1 N–H and O–H groups in total. The minimum atomic E-state index is -0.371. The number of hydrogen-bond donors (Lipinski definition) is 1. The van der Waals surface area contributed by atoms with Crippen LogP contribution in [0.1, 0.15) is 27.7 Å². The molecule has 0 aliphatic carbocycles. The van der Waals surface area contributed by atoms with Crippen molar-refractivity contribution >= 4 is 35.1 Å². The molecule has 0 aliphatic rings. The highest BCUT2D eigenvalue weighted by Gasteiger charge is 2.24. The third-order valence-corrected chi connectivity index (χ3v) is 3.96. The molecule has 0 bridgehead atoms. The lowest BCUT2D eigenvalue weighted by Gasteiger charge is -2.20. The number of nitrogens with one attached hydrogen (secondary N) is 1. The molecule has 2 rings (SSSR count). The first-order valence-corrected chi connectivity index (χ1v) is 7.91. The van der Waals surface area contributed by atoms with E-state index in [9.17, 15) is 4.79 Å². The predicted octanol–water partition coefficient (Wildman–Crippen LogP) is 2.60. The molecular formula is C13H17ClN6OS. The summed E-state index contributed by atoms with van der Waals surface area (Å²) < 4.78 is 1.70. The first-order chi connectivity index (χ1) is 10.3. The molecule has 1 unspecified atom stereocenters. The quantitative estimate of drug-likeness (QED) is 0.861. The van der Waals surface area contributed by atoms with Gasteiger partial charge in [-0.1, -0.05) is 23.4 Å². The smallest absolute Gasteiger partial charge is 0.238 e. The number of thioether (sulfide) groups is 1. The first kappa shape index (κ1) is 16.7. The average Bonchev–Trinajstić information content (AvgIpc) is 2.89. The largest absolute Gasteiger partial charge is 0.310 e. The van der Waals surface area contributed by atoms with Crippen LogP contribution in [-0.2, 0) is 10.3 Å². The molecule has 22 heavy (non-hydrogen) atoms. The lowest BCUT2D eigenvalue weighted by Crippen LogP contribution is -2.27. The Morgan fingerprint density at radius 1 is 1.41 bits per heavy atom. The molecule has 0 saturated carbocycles. The Kier molecular flexibility index (Phi) is 5.02. The second-order valence-electron chi connectivity index (χ2n) is 5.66. The summed E-state index contributed by atoms with van der Waals surface area (Å²) in [6.07, 6.45) is 1.48. The highest BCUT2D eigenvalue weighted by molar-refractivity contribution is 8.00. The minimum absolute atomic E-state index is 0.178. The molecule has 0 spiro atoms. The highest BCUT2D eigenvalue weighted by Crippen LogP contribution is 2.25. The van der Waals surface area contributed by atoms with Crippen molar-refractivity contribution in [3.63, 3.8) is 0 Å². The molecule has 2 aromatic heterocycles. The van der Waals surface area contributed by atoms with Gasteiger partial charge in [-0.2, -0.15) is 0 Å². The molecular weight excluding hydrogens is 324 g/mol. The summed E-state index contributed by atoms with van der Waals surface area (Å²) in [5.41, 5.74) is -0.250. The van der Waals surface area contributed by atoms with Gasteiger partial charge in [0.25, 0.3) is 0 Å². The summed E-state index contributed by atoms with van der Waals surface area (Å²) in [4.78, 5) is 16.2. The van der Waals surface area contributed by atoms with E-state index in [2.05, 4.69) is 25.8 Å². The zero-order chi connectivity index (χ0) is 16.3. The van der Waals surface area contributed by atoms with Crippen molar-refractivity contribution in [3.8, 4) is 0 Å². The number of tetrazole rings is 1. The molecule has 2 aromatic rings. The number of carbonyl (C=O) groups is 1. The van der Waals surface area contributed by atoms with Gasteiger partial charge in [0.2, 0.25) is 11.1 Å². The summed E-state index contributed by atoms with van der Waals surface area (Å²) in [5.74, 6) is 0.278. The monoisotopic (exact) mass is 340 g/mol. The predicted molar refractivity (Wildman–Crippen MR) is 86.0 cm³/mol. The fraction of sp³-hybridized carbons (Fsp3) is 0.462. The molecule has 7 nitrogen and oxygen atoms in total. The van der Waals surface area contributed by atoms with Crippen molar-refractivity contribution in [3.05, 3.63) is 23.4 Å². The van der Waals surface area contributed by atoms with Gasteiger partial charge in [0.05, 0.1) is 15.8 Å². The van der Waals surface area contributed by atoms with Gasteiger partial charge in [-0.25, -0.2) is 9.67 Å². The Labute approximate surface area is 137 Å². The van der Waals surface area contributed by atoms with Crippen LogP contribution < -0.4 is 5.32 Å². The number of rotatable bonds is 4. The van der Waals surface area contributed by atoms with Crippen LogP contribution in [0.4, 0.5) is 5.82 Å². The van der Waals surface area contributed by atoms with Crippen molar-refractivity contribution in [1.29, 1.82) is 0 Å². The molecule has 0 aromatic carbocycles. The van der Waals surface area contributed by atoms with E-state index in [4.69, 9.17) is 11.6 Å². The Morgan fingerprint density at radius 2 is 2.14 bits per heavy atom. The van der Waals surface area contributed by atoms with Crippen molar-refractivity contribution in [2.75, 3.05) is 5.32 Å². The van der Waals surface area contributed by atoms with Crippen LogP contribution in [0.5, 0.6) is 0 Å². The van der Waals surface area contributed by atoms with Crippen LogP contribution in [0.2, 0.25) is 5.02 Å². The third kappa shape index (κ3) is 4.17. The molecule has 0 saturated heterocycles. The number of nitrogens with zero attached hydrogens (tertiary/aromatic N) is 5. The number of carbonyl (C=O) groups excluding carboxylic acids is 1. The van der Waals surface area contributed by atoms with E-state index in [1.807, 2.05) is 20.8 Å². The maximum Gasteiger partial charge on any atom is 0.238 e. The maximum atomic E-state index is 12.2. The van der Waals surface area contributed by atoms with Crippen molar-refractivity contribution in [2.45, 2.75) is 43.6 Å². The Hall–Kier alpha value is -1.67. The lowest BCUT2D eigenvalue weighted by molar-refractivity contribution is -0.115. The van der Waals surface area contributed by atoms with Gasteiger partial charge in [0, 0.05) is 6.20 Å². The number of pyridine rings is 1. The normalized spacial score (nSPS) is 13.0. The summed E-state index contributed by atoms with van der Waals surface area (Å²) in [7, 11) is 0. The van der Waals surface area contributed by atoms with Crippen molar-refractivity contribution < 1.29 is 4.79 Å². The third-order valence-electron chi connectivity index (χ3n) is 2.71. The van der Waals surface area contributed by atoms with E-state index >= 15 is 0 Å². The molecule has 0 fully saturated rings. The standard InChI is InChI=1S/C13H17ClN6OS/c1-8(11(21)16-10-6-5-9(14)7-15-10)22-12-17-18-19-20(12)13(2,3)4/h5-8H,1-4H3,(H,15,16,21). The average molecular weight is 341 g/mol. The maximum absolute atomic E-state index is 12.2. The van der Waals surface area contributed by atoms with Gasteiger partial charge >= 0.3 is 0 Å². The SMILES string of the molecule is CC(Sc1nnnn1C(C)(C)C)C(=O)Nc1ccc(Cl)cn1. The van der Waals surface area contributed by atoms with Crippen LogP contribution in [0.15, 0.2) is 23.5 Å². The first-order valence-electron chi connectivity index (χ1n) is 6.65. The van der Waals surface area contributed by atoms with Gasteiger partial charge in [0.15, 0.2) is 0 Å². The van der Waals surface area contributed by atoms with Gasteiger partial charge in [-0.3, -0.25) is 4.79 Å². The summed E-state index contributed by atoms with van der Waals surface area (Å²) >= 11 is 7.06. The van der Waals surface area contributed by atoms with E-state index in [0.29, 0.717) is 16.0 Å². The Morgan fingerprint density at radius 3 is 2.73 bits per heavy atom. The summed E-state index contributed by atoms with van der Waals surface area (Å²) in [6.45, 7) is 7.78. The fourth-order valence-electron chi connectivity index (χ4n) is 1.56. The van der Waals surface area contributed by atoms with Crippen LogP contribution in [0.3, 0.4) is 0 Å². The van der Waals surface area contributed by atoms with Gasteiger partial charge in [0.1, 0.15) is 5.82 Å². The van der Waals surface area contributed by atoms with Crippen LogP contribution in [0.25, 0.3) is 0 Å². The highest BCUT2D eigenvalue weighted by atomic mass is 35.5. The Bertz CT molecular complexity index is 651. The van der Waals surface area contributed by atoms with Gasteiger partial charge in [-0.05, 0) is 50.3 Å². The van der Waals surface area contributed by atoms with E-state index in [0.717, 1.165) is 0 Å². The van der Waals surface area contributed by atoms with Crippen LogP contribution in [0, 0.1) is 0 Å². The van der Waals surface area contributed by atoms with Gasteiger partial charge < -0.3 is 5.32 Å². The van der Waals surface area contributed by atoms with E-state index in [1.54, 1.807) is 23.7 Å². The molecule has 2 heterocycles. The number of aromatic nitrogens is 5. The zero-order valence-corrected chi connectivity index (χ0v) is 14.3. The number of hydrogen-bond acceptors (Lipinski definition) is 6. The molecule has 9 heteroatoms. The van der Waals surface area contributed by atoms with Crippen molar-refractivity contribution in [2.24, 2.45) is 0 Å². The molecule has 0 aliphatic heterocycles. The number of halogens is 1. The molecule has 1 amide bonds. The number of amides is 1. The van der Waals surface area contributed by atoms with Crippen LogP contribution >= 0.6 is 23.4 Å². The fourth-order valence-corrected chi connectivity index (χ4v) is 2.65. The van der Waals surface area contributed by atoms with Gasteiger partial charge in [-0.15, -0.1) is 5.10 Å². The van der Waals surface area contributed by atoms with Crippen molar-refractivity contribution in [1.82, 2.24) is 25.2 Å².